The van der Waals surface area contributed by atoms with E-state index >= 15 is 0 Å². The summed E-state index contributed by atoms with van der Waals surface area (Å²) >= 11 is 3.63. The van der Waals surface area contributed by atoms with Gasteiger partial charge in [0.2, 0.25) is 0 Å². The minimum atomic E-state index is 0.0650. The molecule has 2 aromatic carbocycles. The van der Waals surface area contributed by atoms with Gasteiger partial charge in [-0.3, -0.25) is 0 Å². The van der Waals surface area contributed by atoms with Crippen LogP contribution in [-0.4, -0.2) is 16.9 Å². The molecule has 1 aliphatic carbocycles. The highest BCUT2D eigenvalue weighted by Crippen LogP contribution is 2.47. The lowest BCUT2D eigenvalue weighted by Crippen LogP contribution is -2.45. The molecule has 2 aromatic rings. The van der Waals surface area contributed by atoms with E-state index in [0.29, 0.717) is 5.92 Å². The van der Waals surface area contributed by atoms with Gasteiger partial charge in [-0.25, -0.2) is 5.01 Å². The summed E-state index contributed by atoms with van der Waals surface area (Å²) in [4.78, 5) is 0. The molecular formula is C22H23BrN2O. The van der Waals surface area contributed by atoms with Crippen molar-refractivity contribution in [1.82, 2.24) is 5.01 Å². The molecule has 3 nitrogen and oxygen atoms in total. The zero-order chi connectivity index (χ0) is 17.5. The van der Waals surface area contributed by atoms with E-state index in [1.807, 2.05) is 0 Å². The summed E-state index contributed by atoms with van der Waals surface area (Å²) in [6.07, 6.45) is 7.48. The summed E-state index contributed by atoms with van der Waals surface area (Å²) in [5, 5.41) is 7.35. The number of benzene rings is 2. The number of rotatable bonds is 2. The molecule has 26 heavy (non-hydrogen) atoms. The maximum absolute atomic E-state index is 6.52. The topological polar surface area (TPSA) is 24.8 Å². The summed E-state index contributed by atoms with van der Waals surface area (Å²) in [5.41, 5.74) is 3.65. The van der Waals surface area contributed by atoms with Gasteiger partial charge in [0.15, 0.2) is 6.23 Å². The van der Waals surface area contributed by atoms with Gasteiger partial charge in [0.05, 0.1) is 11.8 Å². The van der Waals surface area contributed by atoms with Crippen molar-refractivity contribution >= 4 is 21.6 Å². The lowest BCUT2D eigenvalue weighted by Gasteiger charge is -2.42. The molecule has 0 bridgehead atoms. The largest absolute Gasteiger partial charge is 0.468 e. The Morgan fingerprint density at radius 1 is 1.00 bits per heavy atom. The molecule has 3 aliphatic rings. The summed E-state index contributed by atoms with van der Waals surface area (Å²) in [6.45, 7) is 0. The van der Waals surface area contributed by atoms with Crippen LogP contribution < -0.4 is 4.74 Å². The van der Waals surface area contributed by atoms with Gasteiger partial charge in [0.1, 0.15) is 5.75 Å². The lowest BCUT2D eigenvalue weighted by molar-refractivity contribution is -0.0644. The Balaban J connectivity index is 1.54. The first-order chi connectivity index (χ1) is 12.8. The average Bonchev–Trinajstić information content (AvgIpc) is 3.15. The van der Waals surface area contributed by atoms with E-state index in [2.05, 4.69) is 69.5 Å². The third kappa shape index (κ3) is 2.84. The van der Waals surface area contributed by atoms with Crippen LogP contribution in [-0.2, 0) is 0 Å². The second-order valence-electron chi connectivity index (χ2n) is 7.60. The molecule has 0 amide bonds. The van der Waals surface area contributed by atoms with Crippen molar-refractivity contribution in [2.45, 2.75) is 50.8 Å². The number of nitrogens with zero attached hydrogens (tertiary/aromatic N) is 2. The molecular weight excluding hydrogens is 388 g/mol. The summed E-state index contributed by atoms with van der Waals surface area (Å²) < 4.78 is 7.62. The fraction of sp³-hybridized carbons (Fsp3) is 0.409. The van der Waals surface area contributed by atoms with Gasteiger partial charge in [-0.1, -0.05) is 65.5 Å². The zero-order valence-corrected chi connectivity index (χ0v) is 16.4. The minimum Gasteiger partial charge on any atom is -0.468 e. The van der Waals surface area contributed by atoms with E-state index < -0.39 is 0 Å². The second kappa shape index (κ2) is 6.73. The maximum Gasteiger partial charge on any atom is 0.190 e. The van der Waals surface area contributed by atoms with Crippen LogP contribution >= 0.6 is 15.9 Å². The van der Waals surface area contributed by atoms with Gasteiger partial charge in [-0.05, 0) is 36.6 Å². The number of halogens is 1. The molecule has 1 saturated carbocycles. The molecule has 0 unspecified atom stereocenters. The molecule has 2 atom stereocenters. The molecule has 0 spiro atoms. The van der Waals surface area contributed by atoms with Crippen molar-refractivity contribution in [3.8, 4) is 5.75 Å². The van der Waals surface area contributed by atoms with Gasteiger partial charge in [-0.2, -0.15) is 5.10 Å². The highest BCUT2D eigenvalue weighted by atomic mass is 79.9. The molecule has 0 radical (unpaired) electrons. The molecule has 0 N–H and O–H groups in total. The number of hydrogen-bond acceptors (Lipinski definition) is 3. The number of hydrazone groups is 1. The molecule has 4 heteroatoms. The van der Waals surface area contributed by atoms with Crippen LogP contribution in [0.25, 0.3) is 0 Å². The van der Waals surface area contributed by atoms with Crippen molar-refractivity contribution in [3.63, 3.8) is 0 Å². The highest BCUT2D eigenvalue weighted by molar-refractivity contribution is 9.10. The van der Waals surface area contributed by atoms with E-state index in [4.69, 9.17) is 9.84 Å². The predicted octanol–water partition coefficient (Wildman–Crippen LogP) is 5.90. The summed E-state index contributed by atoms with van der Waals surface area (Å²) in [5.74, 6) is 1.61. The van der Waals surface area contributed by atoms with Gasteiger partial charge >= 0.3 is 0 Å². The first kappa shape index (κ1) is 16.4. The molecule has 1 fully saturated rings. The van der Waals surface area contributed by atoms with Gasteiger partial charge < -0.3 is 4.74 Å². The highest BCUT2D eigenvalue weighted by Gasteiger charge is 2.43. The Kier molecular flexibility index (Phi) is 4.24. The first-order valence-electron chi connectivity index (χ1n) is 9.67. The van der Waals surface area contributed by atoms with Crippen molar-refractivity contribution in [2.75, 3.05) is 0 Å². The standard InChI is InChI=1S/C22H23BrN2O/c23-17-11-12-21-18(13-17)20-14-19(15-7-3-1-4-8-15)24-25(20)22(26-21)16-9-5-2-6-10-16/h1,3-4,7-8,11-13,16,20,22H,2,5-6,9-10,14H2/t20-,22+/m0/s1. The Hall–Kier alpha value is -1.81. The third-order valence-corrected chi connectivity index (χ3v) is 6.43. The van der Waals surface area contributed by atoms with Crippen LogP contribution in [0.4, 0.5) is 0 Å². The molecule has 0 aromatic heterocycles. The average molecular weight is 411 g/mol. The first-order valence-corrected chi connectivity index (χ1v) is 10.5. The quantitative estimate of drug-likeness (QED) is 0.615. The van der Waals surface area contributed by atoms with Crippen LogP contribution in [0.5, 0.6) is 5.75 Å². The summed E-state index contributed by atoms with van der Waals surface area (Å²) in [7, 11) is 0. The Bertz CT molecular complexity index is 829. The smallest absolute Gasteiger partial charge is 0.190 e. The fourth-order valence-corrected chi connectivity index (χ4v) is 5.00. The molecule has 2 heterocycles. The minimum absolute atomic E-state index is 0.0650. The van der Waals surface area contributed by atoms with E-state index in [1.165, 1.54) is 48.9 Å². The van der Waals surface area contributed by atoms with Crippen LogP contribution in [0.1, 0.15) is 55.7 Å². The Morgan fingerprint density at radius 3 is 2.62 bits per heavy atom. The van der Waals surface area contributed by atoms with Crippen molar-refractivity contribution in [1.29, 1.82) is 0 Å². The van der Waals surface area contributed by atoms with E-state index in [-0.39, 0.29) is 12.3 Å². The Labute approximate surface area is 163 Å². The van der Waals surface area contributed by atoms with Gasteiger partial charge in [0, 0.05) is 22.4 Å². The van der Waals surface area contributed by atoms with Crippen molar-refractivity contribution in [3.05, 3.63) is 64.1 Å². The van der Waals surface area contributed by atoms with Crippen LogP contribution in [0, 0.1) is 5.92 Å². The number of fused-ring (bicyclic) bond motifs is 3. The predicted molar refractivity (Wildman–Crippen MR) is 107 cm³/mol. The van der Waals surface area contributed by atoms with E-state index in [0.717, 1.165) is 16.6 Å². The fourth-order valence-electron chi connectivity index (χ4n) is 4.62. The molecule has 5 rings (SSSR count). The van der Waals surface area contributed by atoms with E-state index in [1.54, 1.807) is 0 Å². The van der Waals surface area contributed by atoms with E-state index in [9.17, 15) is 0 Å². The maximum atomic E-state index is 6.52. The lowest BCUT2D eigenvalue weighted by atomic mass is 9.86. The number of ether oxygens (including phenoxy) is 1. The molecule has 2 aliphatic heterocycles. The Morgan fingerprint density at radius 2 is 1.81 bits per heavy atom. The normalized spacial score (nSPS) is 25.3. The van der Waals surface area contributed by atoms with Gasteiger partial charge in [-0.15, -0.1) is 0 Å². The van der Waals surface area contributed by atoms with Crippen LogP contribution in [0.2, 0.25) is 0 Å². The van der Waals surface area contributed by atoms with Crippen LogP contribution in [0.3, 0.4) is 0 Å². The number of hydrogen-bond donors (Lipinski definition) is 0. The van der Waals surface area contributed by atoms with Gasteiger partial charge in [0.25, 0.3) is 0 Å². The second-order valence-corrected chi connectivity index (χ2v) is 8.52. The molecule has 134 valence electrons. The van der Waals surface area contributed by atoms with Crippen molar-refractivity contribution in [2.24, 2.45) is 11.0 Å². The summed E-state index contributed by atoms with van der Waals surface area (Å²) in [6, 6.07) is 17.3. The SMILES string of the molecule is Brc1ccc2c(c1)[C@@H]1CC(c3ccccc3)=NN1[C@@H](C1CCCCC1)O2. The zero-order valence-electron chi connectivity index (χ0n) is 14.8. The van der Waals surface area contributed by atoms with Crippen LogP contribution in [0.15, 0.2) is 58.1 Å². The third-order valence-electron chi connectivity index (χ3n) is 5.94. The monoisotopic (exact) mass is 410 g/mol. The molecule has 0 saturated heterocycles. The van der Waals surface area contributed by atoms with Crippen molar-refractivity contribution < 1.29 is 4.74 Å².